The summed E-state index contributed by atoms with van der Waals surface area (Å²) in [5.74, 6) is 0.453. The van der Waals surface area contributed by atoms with Crippen LogP contribution >= 0.6 is 0 Å². The fourth-order valence-corrected chi connectivity index (χ4v) is 3.18. The van der Waals surface area contributed by atoms with Gasteiger partial charge in [0, 0.05) is 32.3 Å². The fourth-order valence-electron chi connectivity index (χ4n) is 3.18. The number of amides is 1. The number of carbonyl (C=O) groups is 2. The van der Waals surface area contributed by atoms with Crippen LogP contribution < -0.4 is 9.64 Å². The van der Waals surface area contributed by atoms with Crippen LogP contribution in [0.3, 0.4) is 0 Å². The van der Waals surface area contributed by atoms with E-state index in [4.69, 9.17) is 4.74 Å². The Morgan fingerprint density at radius 2 is 1.61 bits per heavy atom. The molecule has 1 fully saturated rings. The van der Waals surface area contributed by atoms with E-state index in [0.717, 1.165) is 30.1 Å². The minimum absolute atomic E-state index is 0.0169. The summed E-state index contributed by atoms with van der Waals surface area (Å²) in [6.07, 6.45) is 3.34. The minimum Gasteiger partial charge on any atom is -0.495 e. The van der Waals surface area contributed by atoms with Crippen LogP contribution in [-0.2, 0) is 9.53 Å². The number of esters is 1. The smallest absolute Gasteiger partial charge is 0.337 e. The van der Waals surface area contributed by atoms with Gasteiger partial charge in [0.2, 0.25) is 5.91 Å². The normalized spacial score (nSPS) is 14.2. The zero-order chi connectivity index (χ0) is 19.9. The minimum atomic E-state index is -0.375. The van der Waals surface area contributed by atoms with Gasteiger partial charge >= 0.3 is 5.97 Å². The zero-order valence-electron chi connectivity index (χ0n) is 16.1. The number of piperazine rings is 1. The van der Waals surface area contributed by atoms with Crippen LogP contribution in [0.5, 0.6) is 5.75 Å². The van der Waals surface area contributed by atoms with E-state index in [1.165, 1.54) is 7.11 Å². The topological polar surface area (TPSA) is 59.1 Å². The van der Waals surface area contributed by atoms with E-state index < -0.39 is 0 Å². The van der Waals surface area contributed by atoms with Crippen molar-refractivity contribution in [2.75, 3.05) is 45.3 Å². The van der Waals surface area contributed by atoms with Gasteiger partial charge in [-0.25, -0.2) is 4.79 Å². The Bertz CT molecular complexity index is 853. The first-order valence-corrected chi connectivity index (χ1v) is 9.15. The van der Waals surface area contributed by atoms with Crippen LogP contribution in [0.1, 0.15) is 15.9 Å². The number of methoxy groups -OCH3 is 2. The molecular weight excluding hydrogens is 356 g/mol. The van der Waals surface area contributed by atoms with Crippen LogP contribution in [0.15, 0.2) is 54.6 Å². The standard InChI is InChI=1S/C22H24N2O4/c1-27-20-6-4-3-5-19(20)23-13-15-24(16-14-23)21(25)12-9-17-7-10-18(11-8-17)22(26)28-2/h3-12H,13-16H2,1-2H3/b12-9+. The highest BCUT2D eigenvalue weighted by Crippen LogP contribution is 2.28. The van der Waals surface area contributed by atoms with E-state index >= 15 is 0 Å². The van der Waals surface area contributed by atoms with Crippen molar-refractivity contribution in [3.8, 4) is 5.75 Å². The Kier molecular flexibility index (Phi) is 6.32. The average Bonchev–Trinajstić information content (AvgIpc) is 2.77. The Hall–Kier alpha value is -3.28. The summed E-state index contributed by atoms with van der Waals surface area (Å²) >= 11 is 0. The maximum atomic E-state index is 12.5. The van der Waals surface area contributed by atoms with Crippen LogP contribution in [0, 0.1) is 0 Å². The molecule has 0 aliphatic carbocycles. The highest BCUT2D eigenvalue weighted by Gasteiger charge is 2.21. The van der Waals surface area contributed by atoms with Crippen molar-refractivity contribution in [2.24, 2.45) is 0 Å². The lowest BCUT2D eigenvalue weighted by atomic mass is 10.1. The van der Waals surface area contributed by atoms with Crippen molar-refractivity contribution in [3.63, 3.8) is 0 Å². The second-order valence-corrected chi connectivity index (χ2v) is 6.43. The van der Waals surface area contributed by atoms with Crippen molar-refractivity contribution in [3.05, 3.63) is 65.7 Å². The maximum absolute atomic E-state index is 12.5. The number of benzene rings is 2. The lowest BCUT2D eigenvalue weighted by molar-refractivity contribution is -0.126. The quantitative estimate of drug-likeness (QED) is 0.590. The monoisotopic (exact) mass is 380 g/mol. The van der Waals surface area contributed by atoms with Crippen molar-refractivity contribution in [2.45, 2.75) is 0 Å². The fraction of sp³-hybridized carbons (Fsp3) is 0.273. The van der Waals surface area contributed by atoms with Crippen molar-refractivity contribution in [1.82, 2.24) is 4.90 Å². The zero-order valence-corrected chi connectivity index (χ0v) is 16.1. The molecule has 0 spiro atoms. The second kappa shape index (κ2) is 9.08. The molecule has 0 bridgehead atoms. The van der Waals surface area contributed by atoms with Gasteiger partial charge in [0.15, 0.2) is 0 Å². The number of nitrogens with zero attached hydrogens (tertiary/aromatic N) is 2. The molecule has 1 amide bonds. The number of ether oxygens (including phenoxy) is 2. The van der Waals surface area contributed by atoms with Gasteiger partial charge in [-0.1, -0.05) is 24.3 Å². The molecule has 0 radical (unpaired) electrons. The van der Waals surface area contributed by atoms with Gasteiger partial charge in [0.25, 0.3) is 0 Å². The van der Waals surface area contributed by atoms with Gasteiger partial charge in [-0.05, 0) is 35.9 Å². The Balaban J connectivity index is 1.56. The van der Waals surface area contributed by atoms with E-state index in [1.54, 1.807) is 43.5 Å². The van der Waals surface area contributed by atoms with Gasteiger partial charge in [-0.2, -0.15) is 0 Å². The molecule has 3 rings (SSSR count). The Morgan fingerprint density at radius 1 is 0.929 bits per heavy atom. The van der Waals surface area contributed by atoms with Gasteiger partial charge in [0.1, 0.15) is 5.75 Å². The molecule has 0 aromatic heterocycles. The molecule has 1 aliphatic heterocycles. The van der Waals surface area contributed by atoms with Crippen molar-refractivity contribution < 1.29 is 19.1 Å². The summed E-state index contributed by atoms with van der Waals surface area (Å²) in [6.45, 7) is 2.83. The predicted octanol–water partition coefficient (Wildman–Crippen LogP) is 2.84. The summed E-state index contributed by atoms with van der Waals surface area (Å²) in [6, 6.07) is 14.9. The number of hydrogen-bond donors (Lipinski definition) is 0. The van der Waals surface area contributed by atoms with E-state index in [1.807, 2.05) is 29.2 Å². The third-order valence-corrected chi connectivity index (χ3v) is 4.77. The molecule has 0 N–H and O–H groups in total. The highest BCUT2D eigenvalue weighted by atomic mass is 16.5. The molecule has 1 saturated heterocycles. The van der Waals surface area contributed by atoms with Gasteiger partial charge in [-0.15, -0.1) is 0 Å². The molecule has 0 atom stereocenters. The first-order valence-electron chi connectivity index (χ1n) is 9.15. The molecule has 2 aromatic rings. The molecule has 0 saturated carbocycles. The van der Waals surface area contributed by atoms with Crippen LogP contribution in [-0.4, -0.2) is 57.2 Å². The number of carbonyl (C=O) groups excluding carboxylic acids is 2. The maximum Gasteiger partial charge on any atom is 0.337 e. The lowest BCUT2D eigenvalue weighted by Gasteiger charge is -2.36. The molecule has 28 heavy (non-hydrogen) atoms. The van der Waals surface area contributed by atoms with E-state index in [-0.39, 0.29) is 11.9 Å². The second-order valence-electron chi connectivity index (χ2n) is 6.43. The number of hydrogen-bond acceptors (Lipinski definition) is 5. The van der Waals surface area contributed by atoms with Crippen LogP contribution in [0.25, 0.3) is 6.08 Å². The Morgan fingerprint density at radius 3 is 2.25 bits per heavy atom. The largest absolute Gasteiger partial charge is 0.495 e. The van der Waals surface area contributed by atoms with Gasteiger partial charge < -0.3 is 19.3 Å². The van der Waals surface area contributed by atoms with Gasteiger partial charge in [0.05, 0.1) is 25.5 Å². The molecule has 6 heteroatoms. The number of para-hydroxylation sites is 2. The Labute approximate surface area is 165 Å². The van der Waals surface area contributed by atoms with Gasteiger partial charge in [-0.3, -0.25) is 4.79 Å². The van der Waals surface area contributed by atoms with Crippen molar-refractivity contribution >= 4 is 23.6 Å². The summed E-state index contributed by atoms with van der Waals surface area (Å²) in [7, 11) is 3.02. The third kappa shape index (κ3) is 4.52. The SMILES string of the molecule is COC(=O)c1ccc(/C=C/C(=O)N2CCN(c3ccccc3OC)CC2)cc1. The van der Waals surface area contributed by atoms with Crippen LogP contribution in [0.2, 0.25) is 0 Å². The third-order valence-electron chi connectivity index (χ3n) is 4.77. The highest BCUT2D eigenvalue weighted by molar-refractivity contribution is 5.92. The molecule has 1 aliphatic rings. The lowest BCUT2D eigenvalue weighted by Crippen LogP contribution is -2.48. The molecular formula is C22H24N2O4. The van der Waals surface area contributed by atoms with E-state index in [0.29, 0.717) is 18.7 Å². The molecule has 1 heterocycles. The van der Waals surface area contributed by atoms with Crippen LogP contribution in [0.4, 0.5) is 5.69 Å². The van der Waals surface area contributed by atoms with Crippen molar-refractivity contribution in [1.29, 1.82) is 0 Å². The number of anilines is 1. The van der Waals surface area contributed by atoms with E-state index in [2.05, 4.69) is 9.64 Å². The van der Waals surface area contributed by atoms with E-state index in [9.17, 15) is 9.59 Å². The summed E-state index contributed by atoms with van der Waals surface area (Å²) < 4.78 is 10.1. The molecule has 0 unspecified atom stereocenters. The molecule has 6 nitrogen and oxygen atoms in total. The summed E-state index contributed by atoms with van der Waals surface area (Å²) in [5, 5.41) is 0. The molecule has 146 valence electrons. The summed E-state index contributed by atoms with van der Waals surface area (Å²) in [4.78, 5) is 28.0. The predicted molar refractivity (Wildman–Crippen MR) is 109 cm³/mol. The first kappa shape index (κ1) is 19.5. The summed E-state index contributed by atoms with van der Waals surface area (Å²) in [5.41, 5.74) is 2.39. The average molecular weight is 380 g/mol. The first-order chi connectivity index (χ1) is 13.6. The molecule has 2 aromatic carbocycles. The number of rotatable bonds is 5.